The predicted molar refractivity (Wildman–Crippen MR) is 73.0 cm³/mol. The van der Waals surface area contributed by atoms with Gasteiger partial charge in [-0.2, -0.15) is 0 Å². The standard InChI is InChI=1S/C13H17F2NO4S/c1-8(15)13(18)16-11(7-14)12(17)9-3-5-10(6-4-9)21(2,19)20/h3-6,8,11-12,17H,7H2,1-2H3,(H,16,18)/t8-,11-,12-/m1/s1. The van der Waals surface area contributed by atoms with E-state index in [2.05, 4.69) is 5.32 Å². The Morgan fingerprint density at radius 2 is 1.86 bits per heavy atom. The minimum absolute atomic E-state index is 0.0525. The van der Waals surface area contributed by atoms with Crippen molar-refractivity contribution in [1.82, 2.24) is 5.32 Å². The highest BCUT2D eigenvalue weighted by atomic mass is 32.2. The van der Waals surface area contributed by atoms with Crippen LogP contribution in [0.5, 0.6) is 0 Å². The molecule has 0 unspecified atom stereocenters. The van der Waals surface area contributed by atoms with Crippen molar-refractivity contribution in [1.29, 1.82) is 0 Å². The topological polar surface area (TPSA) is 83.5 Å². The number of aliphatic hydroxyl groups excluding tert-OH is 1. The molecule has 0 saturated carbocycles. The smallest absolute Gasteiger partial charge is 0.254 e. The van der Waals surface area contributed by atoms with E-state index in [-0.39, 0.29) is 10.5 Å². The van der Waals surface area contributed by atoms with Crippen LogP contribution in [0.1, 0.15) is 18.6 Å². The molecule has 0 radical (unpaired) electrons. The molecule has 1 amide bonds. The van der Waals surface area contributed by atoms with Crippen molar-refractivity contribution < 1.29 is 27.1 Å². The summed E-state index contributed by atoms with van der Waals surface area (Å²) in [5.41, 5.74) is 0.219. The van der Waals surface area contributed by atoms with Crippen LogP contribution in [-0.2, 0) is 14.6 Å². The molecule has 1 aromatic rings. The maximum atomic E-state index is 12.9. The van der Waals surface area contributed by atoms with Crippen molar-refractivity contribution in [2.45, 2.75) is 30.1 Å². The van der Waals surface area contributed by atoms with Gasteiger partial charge in [0, 0.05) is 6.26 Å². The zero-order valence-electron chi connectivity index (χ0n) is 11.6. The van der Waals surface area contributed by atoms with E-state index in [1.54, 1.807) is 0 Å². The van der Waals surface area contributed by atoms with Crippen molar-refractivity contribution in [3.05, 3.63) is 29.8 Å². The summed E-state index contributed by atoms with van der Waals surface area (Å²) in [5.74, 6) is -1.02. The second-order valence-electron chi connectivity index (χ2n) is 4.67. The Morgan fingerprint density at radius 3 is 2.24 bits per heavy atom. The Morgan fingerprint density at radius 1 is 1.33 bits per heavy atom. The summed E-state index contributed by atoms with van der Waals surface area (Å²) in [6.45, 7) is -0.0919. The number of benzene rings is 1. The number of alkyl halides is 2. The molecule has 0 fully saturated rings. The average Bonchev–Trinajstić information content (AvgIpc) is 2.42. The number of aliphatic hydroxyl groups is 1. The molecule has 1 rings (SSSR count). The average molecular weight is 321 g/mol. The molecule has 3 atom stereocenters. The lowest BCUT2D eigenvalue weighted by molar-refractivity contribution is -0.127. The summed E-state index contributed by atoms with van der Waals surface area (Å²) in [6, 6.07) is 3.86. The Balaban J connectivity index is 2.90. The number of rotatable bonds is 6. The van der Waals surface area contributed by atoms with Gasteiger partial charge in [0.2, 0.25) is 0 Å². The number of amides is 1. The minimum atomic E-state index is -3.38. The first-order valence-corrected chi connectivity index (χ1v) is 8.04. The van der Waals surface area contributed by atoms with E-state index in [1.807, 2.05) is 0 Å². The van der Waals surface area contributed by atoms with Gasteiger partial charge in [-0.05, 0) is 24.6 Å². The molecular formula is C13H17F2NO4S. The van der Waals surface area contributed by atoms with Crippen LogP contribution < -0.4 is 5.32 Å². The molecule has 0 aliphatic rings. The first-order valence-electron chi connectivity index (χ1n) is 6.15. The monoisotopic (exact) mass is 321 g/mol. The summed E-state index contributed by atoms with van der Waals surface area (Å²) < 4.78 is 48.3. The van der Waals surface area contributed by atoms with Crippen LogP contribution in [0.2, 0.25) is 0 Å². The third-order valence-electron chi connectivity index (χ3n) is 2.89. The first kappa shape index (κ1) is 17.5. The van der Waals surface area contributed by atoms with Crippen molar-refractivity contribution >= 4 is 15.7 Å². The van der Waals surface area contributed by atoms with Crippen molar-refractivity contribution in [3.8, 4) is 0 Å². The van der Waals surface area contributed by atoms with Crippen LogP contribution in [-0.4, -0.2) is 44.6 Å². The van der Waals surface area contributed by atoms with Crippen LogP contribution >= 0.6 is 0 Å². The number of carbonyl (C=O) groups is 1. The molecule has 0 spiro atoms. The molecule has 8 heteroatoms. The van der Waals surface area contributed by atoms with Gasteiger partial charge in [0.25, 0.3) is 5.91 Å². The molecule has 0 aliphatic heterocycles. The maximum absolute atomic E-state index is 12.9. The summed E-state index contributed by atoms with van der Waals surface area (Å²) >= 11 is 0. The van der Waals surface area contributed by atoms with E-state index >= 15 is 0 Å². The molecule has 0 saturated heterocycles. The number of halogens is 2. The van der Waals surface area contributed by atoms with E-state index in [4.69, 9.17) is 0 Å². The Bertz CT molecular complexity index is 587. The fourth-order valence-corrected chi connectivity index (χ4v) is 2.27. The third kappa shape index (κ3) is 4.75. The van der Waals surface area contributed by atoms with E-state index in [0.717, 1.165) is 13.2 Å². The second kappa shape index (κ2) is 6.95. The molecular weight excluding hydrogens is 304 g/mol. The van der Waals surface area contributed by atoms with Crippen molar-refractivity contribution in [2.75, 3.05) is 12.9 Å². The molecule has 1 aromatic carbocycles. The molecule has 118 valence electrons. The number of hydrogen-bond acceptors (Lipinski definition) is 4. The lowest BCUT2D eigenvalue weighted by Gasteiger charge is -2.22. The highest BCUT2D eigenvalue weighted by molar-refractivity contribution is 7.90. The molecule has 2 N–H and O–H groups in total. The maximum Gasteiger partial charge on any atom is 0.254 e. The van der Waals surface area contributed by atoms with Gasteiger partial charge in [-0.3, -0.25) is 4.79 Å². The van der Waals surface area contributed by atoms with Gasteiger partial charge in [0.15, 0.2) is 16.0 Å². The number of nitrogens with one attached hydrogen (secondary N) is 1. The third-order valence-corrected chi connectivity index (χ3v) is 4.01. The van der Waals surface area contributed by atoms with Crippen molar-refractivity contribution in [2.24, 2.45) is 0 Å². The predicted octanol–water partition coefficient (Wildman–Crippen LogP) is 0.936. The van der Waals surface area contributed by atoms with Crippen LogP contribution in [0.4, 0.5) is 8.78 Å². The fourth-order valence-electron chi connectivity index (χ4n) is 1.64. The largest absolute Gasteiger partial charge is 0.386 e. The molecule has 0 aromatic heterocycles. The van der Waals surface area contributed by atoms with E-state index in [9.17, 15) is 27.1 Å². The van der Waals surface area contributed by atoms with Gasteiger partial charge in [-0.25, -0.2) is 17.2 Å². The number of hydrogen-bond donors (Lipinski definition) is 2. The van der Waals surface area contributed by atoms with Crippen LogP contribution in [0.15, 0.2) is 29.2 Å². The summed E-state index contributed by atoms with van der Waals surface area (Å²) in [5, 5.41) is 12.0. The van der Waals surface area contributed by atoms with Crippen LogP contribution in [0, 0.1) is 0 Å². The van der Waals surface area contributed by atoms with Gasteiger partial charge in [0.1, 0.15) is 12.8 Å². The zero-order chi connectivity index (χ0) is 16.2. The number of carbonyl (C=O) groups excluding carboxylic acids is 1. The van der Waals surface area contributed by atoms with Crippen LogP contribution in [0.3, 0.4) is 0 Å². The molecule has 0 aliphatic carbocycles. The Kier molecular flexibility index (Phi) is 5.79. The lowest BCUT2D eigenvalue weighted by atomic mass is 10.0. The van der Waals surface area contributed by atoms with Gasteiger partial charge >= 0.3 is 0 Å². The lowest BCUT2D eigenvalue weighted by Crippen LogP contribution is -2.43. The van der Waals surface area contributed by atoms with Crippen LogP contribution in [0.25, 0.3) is 0 Å². The van der Waals surface area contributed by atoms with Crippen molar-refractivity contribution in [3.63, 3.8) is 0 Å². The summed E-state index contributed by atoms with van der Waals surface area (Å²) in [6.07, 6.45) is -2.20. The highest BCUT2D eigenvalue weighted by Crippen LogP contribution is 2.20. The fraction of sp³-hybridized carbons (Fsp3) is 0.462. The molecule has 0 heterocycles. The summed E-state index contributed by atoms with van der Waals surface area (Å²) in [7, 11) is -3.38. The molecule has 0 bridgehead atoms. The molecule has 21 heavy (non-hydrogen) atoms. The van der Waals surface area contributed by atoms with Gasteiger partial charge in [-0.15, -0.1) is 0 Å². The highest BCUT2D eigenvalue weighted by Gasteiger charge is 2.25. The SMILES string of the molecule is C[C@@H](F)C(=O)N[C@H](CF)[C@H](O)c1ccc(S(C)(=O)=O)cc1. The minimum Gasteiger partial charge on any atom is -0.386 e. The first-order chi connectivity index (χ1) is 9.66. The normalized spacial score (nSPS) is 16.0. The van der Waals surface area contributed by atoms with E-state index < -0.39 is 40.7 Å². The Labute approximate surface area is 121 Å². The van der Waals surface area contributed by atoms with E-state index in [0.29, 0.717) is 0 Å². The molecule has 5 nitrogen and oxygen atoms in total. The Hall–Kier alpha value is -1.54. The van der Waals surface area contributed by atoms with Gasteiger partial charge < -0.3 is 10.4 Å². The van der Waals surface area contributed by atoms with E-state index in [1.165, 1.54) is 24.3 Å². The number of sulfone groups is 1. The summed E-state index contributed by atoms with van der Waals surface area (Å²) in [4.78, 5) is 11.2. The van der Waals surface area contributed by atoms with Gasteiger partial charge in [-0.1, -0.05) is 12.1 Å². The zero-order valence-corrected chi connectivity index (χ0v) is 12.4. The van der Waals surface area contributed by atoms with Gasteiger partial charge in [0.05, 0.1) is 10.9 Å². The second-order valence-corrected chi connectivity index (χ2v) is 6.69. The quantitative estimate of drug-likeness (QED) is 0.817.